The minimum absolute atomic E-state index is 0.0356. The Balaban J connectivity index is 1.95. The summed E-state index contributed by atoms with van der Waals surface area (Å²) in [6.45, 7) is 0. The number of fused-ring (bicyclic) bond motifs is 1. The first-order chi connectivity index (χ1) is 14.0. The number of aromatic amines is 1. The molecule has 4 nitrogen and oxygen atoms in total. The first-order valence-corrected chi connectivity index (χ1v) is 9.14. The zero-order chi connectivity index (χ0) is 20.4. The van der Waals surface area contributed by atoms with Gasteiger partial charge in [0, 0.05) is 33.9 Å². The van der Waals surface area contributed by atoms with Crippen molar-refractivity contribution in [1.29, 1.82) is 0 Å². The molecule has 0 atom stereocenters. The number of nitrogens with zero attached hydrogens (tertiary/aromatic N) is 1. The highest BCUT2D eigenvalue weighted by molar-refractivity contribution is 6.31. The first-order valence-electron chi connectivity index (χ1n) is 8.77. The molecule has 2 aromatic heterocycles. The molecule has 0 aliphatic rings. The number of pyridine rings is 2. The highest BCUT2D eigenvalue weighted by Crippen LogP contribution is 2.32. The lowest BCUT2D eigenvalue weighted by molar-refractivity contribution is 0.104. The molecule has 29 heavy (non-hydrogen) atoms. The van der Waals surface area contributed by atoms with E-state index in [0.29, 0.717) is 27.1 Å². The molecule has 0 amide bonds. The molecular weight excluding hydrogens is 391 g/mol. The zero-order valence-corrected chi connectivity index (χ0v) is 15.8. The van der Waals surface area contributed by atoms with E-state index in [1.807, 2.05) is 0 Å². The summed E-state index contributed by atoms with van der Waals surface area (Å²) in [5.74, 6) is -0.887. The third-order valence-corrected chi connectivity index (χ3v) is 4.70. The maximum absolute atomic E-state index is 13.5. The van der Waals surface area contributed by atoms with Gasteiger partial charge in [-0.25, -0.2) is 4.39 Å². The number of rotatable bonds is 4. The SMILES string of the molecule is O=C(/C=C/c1cccnc1)c1c(-c2ccc(F)cc2)c2cc(Cl)ccc2[nH]c1=O. The standard InChI is InChI=1S/C23H14ClFN2O2/c24-16-6-9-19-18(12-16)21(15-4-7-17(25)8-5-15)22(23(29)27-19)20(28)10-3-14-2-1-11-26-13-14/h1-13H,(H,27,29)/b10-3+. The number of benzene rings is 2. The number of halogens is 2. The molecule has 0 aliphatic carbocycles. The molecule has 0 radical (unpaired) electrons. The molecule has 0 bridgehead atoms. The second-order valence-corrected chi connectivity index (χ2v) is 6.82. The van der Waals surface area contributed by atoms with E-state index < -0.39 is 17.2 Å². The maximum Gasteiger partial charge on any atom is 0.260 e. The lowest BCUT2D eigenvalue weighted by Gasteiger charge is -2.12. The normalized spacial score (nSPS) is 11.2. The first kappa shape index (κ1) is 18.8. The minimum atomic E-state index is -0.528. The fourth-order valence-corrected chi connectivity index (χ4v) is 3.32. The van der Waals surface area contributed by atoms with Crippen molar-refractivity contribution in [2.75, 3.05) is 0 Å². The van der Waals surface area contributed by atoms with Gasteiger partial charge in [0.05, 0.1) is 5.56 Å². The second-order valence-electron chi connectivity index (χ2n) is 6.38. The van der Waals surface area contributed by atoms with Crippen molar-refractivity contribution in [2.45, 2.75) is 0 Å². The largest absolute Gasteiger partial charge is 0.321 e. The van der Waals surface area contributed by atoms with Gasteiger partial charge in [-0.3, -0.25) is 14.6 Å². The van der Waals surface area contributed by atoms with E-state index in [4.69, 9.17) is 11.6 Å². The van der Waals surface area contributed by atoms with E-state index in [0.717, 1.165) is 5.56 Å². The van der Waals surface area contributed by atoms with Gasteiger partial charge < -0.3 is 4.98 Å². The van der Waals surface area contributed by atoms with Gasteiger partial charge in [0.1, 0.15) is 5.82 Å². The predicted octanol–water partition coefficient (Wildman–Crippen LogP) is 5.28. The Morgan fingerprint density at radius 3 is 2.62 bits per heavy atom. The Morgan fingerprint density at radius 1 is 1.10 bits per heavy atom. The number of hydrogen-bond acceptors (Lipinski definition) is 3. The van der Waals surface area contributed by atoms with Gasteiger partial charge in [0.2, 0.25) is 0 Å². The monoisotopic (exact) mass is 404 g/mol. The smallest absolute Gasteiger partial charge is 0.260 e. The van der Waals surface area contributed by atoms with E-state index in [1.165, 1.54) is 30.3 Å². The number of ketones is 1. The Morgan fingerprint density at radius 2 is 1.90 bits per heavy atom. The summed E-state index contributed by atoms with van der Waals surface area (Å²) >= 11 is 6.16. The van der Waals surface area contributed by atoms with Gasteiger partial charge >= 0.3 is 0 Å². The van der Waals surface area contributed by atoms with Crippen LogP contribution in [0, 0.1) is 5.82 Å². The molecule has 4 rings (SSSR count). The van der Waals surface area contributed by atoms with Crippen LogP contribution in [0.1, 0.15) is 15.9 Å². The lowest BCUT2D eigenvalue weighted by Crippen LogP contribution is -2.18. The van der Waals surface area contributed by atoms with Crippen LogP contribution in [0.15, 0.2) is 77.9 Å². The number of carbonyl (C=O) groups is 1. The van der Waals surface area contributed by atoms with Crippen LogP contribution in [0.25, 0.3) is 28.1 Å². The van der Waals surface area contributed by atoms with Crippen LogP contribution in [0.2, 0.25) is 5.02 Å². The third-order valence-electron chi connectivity index (χ3n) is 4.47. The number of allylic oxidation sites excluding steroid dienone is 1. The van der Waals surface area contributed by atoms with Gasteiger partial charge in [-0.15, -0.1) is 0 Å². The molecule has 0 unspecified atom stereocenters. The topological polar surface area (TPSA) is 62.8 Å². The van der Waals surface area contributed by atoms with Gasteiger partial charge in [-0.1, -0.05) is 29.8 Å². The van der Waals surface area contributed by atoms with Crippen molar-refractivity contribution in [3.8, 4) is 11.1 Å². The number of carbonyl (C=O) groups excluding carboxylic acids is 1. The maximum atomic E-state index is 13.5. The summed E-state index contributed by atoms with van der Waals surface area (Å²) in [6, 6.07) is 14.2. The van der Waals surface area contributed by atoms with Crippen molar-refractivity contribution in [2.24, 2.45) is 0 Å². The molecule has 4 aromatic rings. The van der Waals surface area contributed by atoms with Gasteiger partial charge in [0.15, 0.2) is 5.78 Å². The summed E-state index contributed by atoms with van der Waals surface area (Å²) in [6.07, 6.45) is 6.15. The van der Waals surface area contributed by atoms with E-state index in [-0.39, 0.29) is 5.56 Å². The highest BCUT2D eigenvalue weighted by atomic mass is 35.5. The van der Waals surface area contributed by atoms with Crippen molar-refractivity contribution < 1.29 is 9.18 Å². The summed E-state index contributed by atoms with van der Waals surface area (Å²) in [7, 11) is 0. The van der Waals surface area contributed by atoms with Gasteiger partial charge in [-0.2, -0.15) is 0 Å². The summed E-state index contributed by atoms with van der Waals surface area (Å²) in [5, 5.41) is 1.05. The summed E-state index contributed by atoms with van der Waals surface area (Å²) in [5.41, 5.74) is 1.65. The zero-order valence-electron chi connectivity index (χ0n) is 15.0. The number of H-pyrrole nitrogens is 1. The molecule has 2 aromatic carbocycles. The Labute approximate surface area is 170 Å². The van der Waals surface area contributed by atoms with Gasteiger partial charge in [0.25, 0.3) is 5.56 Å². The van der Waals surface area contributed by atoms with Crippen LogP contribution in [-0.4, -0.2) is 15.8 Å². The highest BCUT2D eigenvalue weighted by Gasteiger charge is 2.19. The van der Waals surface area contributed by atoms with Crippen molar-refractivity contribution in [3.05, 3.63) is 105 Å². The van der Waals surface area contributed by atoms with Gasteiger partial charge in [-0.05, 0) is 59.7 Å². The fourth-order valence-electron chi connectivity index (χ4n) is 3.15. The van der Waals surface area contributed by atoms with Crippen molar-refractivity contribution in [1.82, 2.24) is 9.97 Å². The molecule has 0 saturated heterocycles. The molecule has 0 spiro atoms. The van der Waals surface area contributed by atoms with Crippen LogP contribution in [0.4, 0.5) is 4.39 Å². The van der Waals surface area contributed by atoms with Crippen molar-refractivity contribution >= 4 is 34.4 Å². The number of nitrogens with one attached hydrogen (secondary N) is 1. The molecule has 142 valence electrons. The van der Waals surface area contributed by atoms with E-state index >= 15 is 0 Å². The number of hydrogen-bond donors (Lipinski definition) is 1. The van der Waals surface area contributed by atoms with E-state index in [9.17, 15) is 14.0 Å². The molecule has 1 N–H and O–H groups in total. The Bertz CT molecular complexity index is 1300. The van der Waals surface area contributed by atoms with Crippen LogP contribution < -0.4 is 5.56 Å². The van der Waals surface area contributed by atoms with Crippen LogP contribution in [-0.2, 0) is 0 Å². The van der Waals surface area contributed by atoms with Crippen LogP contribution in [0.5, 0.6) is 0 Å². The summed E-state index contributed by atoms with van der Waals surface area (Å²) < 4.78 is 13.5. The molecule has 6 heteroatoms. The molecule has 0 saturated carbocycles. The Hall–Kier alpha value is -3.57. The lowest BCUT2D eigenvalue weighted by atomic mass is 9.94. The minimum Gasteiger partial charge on any atom is -0.321 e. The number of aromatic nitrogens is 2. The van der Waals surface area contributed by atoms with E-state index in [2.05, 4.69) is 9.97 Å². The summed E-state index contributed by atoms with van der Waals surface area (Å²) in [4.78, 5) is 32.5. The van der Waals surface area contributed by atoms with E-state index in [1.54, 1.807) is 48.8 Å². The average Bonchev–Trinajstić information content (AvgIpc) is 2.73. The fraction of sp³-hybridized carbons (Fsp3) is 0. The molecule has 2 heterocycles. The predicted molar refractivity (Wildman–Crippen MR) is 113 cm³/mol. The quantitative estimate of drug-likeness (QED) is 0.372. The average molecular weight is 405 g/mol. The van der Waals surface area contributed by atoms with Crippen molar-refractivity contribution in [3.63, 3.8) is 0 Å². The third kappa shape index (κ3) is 3.86. The van der Waals surface area contributed by atoms with Crippen LogP contribution >= 0.6 is 11.6 Å². The Kier molecular flexibility index (Phi) is 5.06. The molecule has 0 aliphatic heterocycles. The van der Waals surface area contributed by atoms with Crippen LogP contribution in [0.3, 0.4) is 0 Å². The molecule has 0 fully saturated rings. The molecular formula is C23H14ClFN2O2. The second kappa shape index (κ2) is 7.81.